The van der Waals surface area contributed by atoms with Gasteiger partial charge in [-0.15, -0.1) is 11.8 Å². The van der Waals surface area contributed by atoms with Gasteiger partial charge in [-0.1, -0.05) is 18.2 Å². The van der Waals surface area contributed by atoms with Crippen LogP contribution >= 0.6 is 11.8 Å². The van der Waals surface area contributed by atoms with Crippen molar-refractivity contribution in [3.8, 4) is 11.8 Å². The van der Waals surface area contributed by atoms with Crippen LogP contribution in [0.1, 0.15) is 29.7 Å². The van der Waals surface area contributed by atoms with E-state index in [2.05, 4.69) is 30.3 Å². The molecular weight excluding hydrogens is 280 g/mol. The van der Waals surface area contributed by atoms with E-state index >= 15 is 0 Å². The molecule has 0 aliphatic rings. The zero-order valence-corrected chi connectivity index (χ0v) is 13.0. The summed E-state index contributed by atoms with van der Waals surface area (Å²) in [7, 11) is 1.58. The Kier molecular flexibility index (Phi) is 5.26. The van der Waals surface area contributed by atoms with Gasteiger partial charge in [0.2, 0.25) is 0 Å². The number of hydrogen-bond acceptors (Lipinski definition) is 4. The highest BCUT2D eigenvalue weighted by atomic mass is 32.2. The third-order valence-corrected chi connectivity index (χ3v) is 4.28. The van der Waals surface area contributed by atoms with Crippen LogP contribution in [0.25, 0.3) is 0 Å². The summed E-state index contributed by atoms with van der Waals surface area (Å²) in [5.74, 6) is 1.46. The van der Waals surface area contributed by atoms with Crippen LogP contribution in [0.2, 0.25) is 0 Å². The largest absolute Gasteiger partial charge is 0.495 e. The molecule has 0 saturated carbocycles. The van der Waals surface area contributed by atoms with Crippen LogP contribution in [0.15, 0.2) is 47.4 Å². The highest BCUT2D eigenvalue weighted by Crippen LogP contribution is 2.27. The summed E-state index contributed by atoms with van der Waals surface area (Å²) in [6.45, 7) is 1.98. The average molecular weight is 298 g/mol. The van der Waals surface area contributed by atoms with Crippen LogP contribution < -0.4 is 10.5 Å². The van der Waals surface area contributed by atoms with Crippen molar-refractivity contribution in [2.24, 2.45) is 5.73 Å². The summed E-state index contributed by atoms with van der Waals surface area (Å²) < 4.78 is 5.23. The lowest BCUT2D eigenvalue weighted by atomic mass is 10.1. The molecule has 2 aromatic rings. The predicted molar refractivity (Wildman–Crippen MR) is 86.3 cm³/mol. The third kappa shape index (κ3) is 4.01. The lowest BCUT2D eigenvalue weighted by Crippen LogP contribution is -2.04. The predicted octanol–water partition coefficient (Wildman–Crippen LogP) is 3.88. The average Bonchev–Trinajstić information content (AvgIpc) is 2.52. The van der Waals surface area contributed by atoms with E-state index in [1.807, 2.05) is 19.1 Å². The number of nitriles is 1. The van der Waals surface area contributed by atoms with Crippen molar-refractivity contribution in [3.63, 3.8) is 0 Å². The van der Waals surface area contributed by atoms with Crippen LogP contribution in [0.3, 0.4) is 0 Å². The normalized spacial score (nSPS) is 11.7. The molecule has 1 unspecified atom stereocenters. The van der Waals surface area contributed by atoms with E-state index in [1.165, 1.54) is 4.90 Å². The maximum absolute atomic E-state index is 8.97. The second-order valence-electron chi connectivity index (χ2n) is 4.79. The van der Waals surface area contributed by atoms with Crippen LogP contribution in [0, 0.1) is 11.3 Å². The number of hydrogen-bond donors (Lipinski definition) is 1. The van der Waals surface area contributed by atoms with Crippen LogP contribution in [-0.4, -0.2) is 7.11 Å². The van der Waals surface area contributed by atoms with E-state index in [-0.39, 0.29) is 6.04 Å². The van der Waals surface area contributed by atoms with Crippen molar-refractivity contribution in [3.05, 3.63) is 59.2 Å². The lowest BCUT2D eigenvalue weighted by Gasteiger charge is -2.08. The van der Waals surface area contributed by atoms with Gasteiger partial charge >= 0.3 is 0 Å². The third-order valence-electron chi connectivity index (χ3n) is 3.20. The number of methoxy groups -OCH3 is 1. The second-order valence-corrected chi connectivity index (χ2v) is 5.84. The smallest absolute Gasteiger partial charge is 0.136 e. The topological polar surface area (TPSA) is 59.0 Å². The van der Waals surface area contributed by atoms with Gasteiger partial charge in [-0.2, -0.15) is 5.26 Å². The molecule has 2 rings (SSSR count). The fraction of sp³-hybridized carbons (Fsp3) is 0.235. The van der Waals surface area contributed by atoms with Gasteiger partial charge in [0.05, 0.1) is 12.7 Å². The molecule has 108 valence electrons. The van der Waals surface area contributed by atoms with E-state index in [0.717, 1.165) is 16.9 Å². The van der Waals surface area contributed by atoms with Gasteiger partial charge in [-0.05, 0) is 42.3 Å². The van der Waals surface area contributed by atoms with Crippen molar-refractivity contribution in [2.45, 2.75) is 23.6 Å². The number of benzene rings is 2. The van der Waals surface area contributed by atoms with E-state index in [0.29, 0.717) is 11.3 Å². The minimum absolute atomic E-state index is 0.0619. The molecule has 21 heavy (non-hydrogen) atoms. The maximum atomic E-state index is 8.97. The van der Waals surface area contributed by atoms with E-state index in [9.17, 15) is 0 Å². The minimum Gasteiger partial charge on any atom is -0.495 e. The Morgan fingerprint density at radius 3 is 2.52 bits per heavy atom. The summed E-state index contributed by atoms with van der Waals surface area (Å²) in [6, 6.07) is 16.2. The Bertz CT molecular complexity index is 645. The second kappa shape index (κ2) is 7.16. The molecular formula is C17H18N2OS. The Hall–Kier alpha value is -1.96. The van der Waals surface area contributed by atoms with Gasteiger partial charge in [0.25, 0.3) is 0 Å². The number of thioether (sulfide) groups is 1. The van der Waals surface area contributed by atoms with Gasteiger partial charge in [-0.25, -0.2) is 0 Å². The van der Waals surface area contributed by atoms with Crippen molar-refractivity contribution in [1.29, 1.82) is 5.26 Å². The van der Waals surface area contributed by atoms with Crippen molar-refractivity contribution < 1.29 is 4.74 Å². The van der Waals surface area contributed by atoms with Crippen molar-refractivity contribution in [1.82, 2.24) is 0 Å². The molecule has 0 saturated heterocycles. The fourth-order valence-corrected chi connectivity index (χ4v) is 2.79. The molecule has 0 amide bonds. The van der Waals surface area contributed by atoms with Gasteiger partial charge in [0, 0.05) is 16.7 Å². The lowest BCUT2D eigenvalue weighted by molar-refractivity contribution is 0.413. The first-order chi connectivity index (χ1) is 10.1. The Morgan fingerprint density at radius 1 is 1.24 bits per heavy atom. The maximum Gasteiger partial charge on any atom is 0.136 e. The fourth-order valence-electron chi connectivity index (χ4n) is 1.95. The molecule has 1 atom stereocenters. The van der Waals surface area contributed by atoms with Crippen LogP contribution in [0.4, 0.5) is 0 Å². The Balaban J connectivity index is 2.04. The van der Waals surface area contributed by atoms with E-state index in [4.69, 9.17) is 15.7 Å². The standard InChI is InChI=1S/C17H18N2OS/c1-12(19)14-5-7-16(8-6-14)21-11-13-3-4-15(10-18)17(9-13)20-2/h3-9,12H,11,19H2,1-2H3. The first-order valence-electron chi connectivity index (χ1n) is 6.69. The summed E-state index contributed by atoms with van der Waals surface area (Å²) in [5.41, 5.74) is 8.67. The van der Waals surface area contributed by atoms with Gasteiger partial charge in [0.15, 0.2) is 0 Å². The number of nitrogens with two attached hydrogens (primary N) is 1. The highest BCUT2D eigenvalue weighted by Gasteiger charge is 2.05. The van der Waals surface area contributed by atoms with Gasteiger partial charge in [-0.3, -0.25) is 0 Å². The quantitative estimate of drug-likeness (QED) is 0.851. The Morgan fingerprint density at radius 2 is 1.95 bits per heavy atom. The molecule has 0 aromatic heterocycles. The minimum atomic E-state index is 0.0619. The number of ether oxygens (including phenoxy) is 1. The van der Waals surface area contributed by atoms with Gasteiger partial charge < -0.3 is 10.5 Å². The molecule has 2 aromatic carbocycles. The van der Waals surface area contributed by atoms with Gasteiger partial charge in [0.1, 0.15) is 11.8 Å². The summed E-state index contributed by atoms with van der Waals surface area (Å²) in [6.07, 6.45) is 0. The molecule has 3 nitrogen and oxygen atoms in total. The van der Waals surface area contributed by atoms with Crippen LogP contribution in [0.5, 0.6) is 5.75 Å². The monoisotopic (exact) mass is 298 g/mol. The molecule has 0 aliphatic heterocycles. The molecule has 0 heterocycles. The highest BCUT2D eigenvalue weighted by molar-refractivity contribution is 7.98. The number of rotatable bonds is 5. The summed E-state index contributed by atoms with van der Waals surface area (Å²) >= 11 is 1.75. The summed E-state index contributed by atoms with van der Waals surface area (Å²) in [4.78, 5) is 1.20. The molecule has 2 N–H and O–H groups in total. The van der Waals surface area contributed by atoms with Crippen molar-refractivity contribution >= 4 is 11.8 Å². The SMILES string of the molecule is COc1cc(CSc2ccc(C(C)N)cc2)ccc1C#N. The van der Waals surface area contributed by atoms with Crippen LogP contribution in [-0.2, 0) is 5.75 Å². The zero-order chi connectivity index (χ0) is 15.2. The number of nitrogens with zero attached hydrogens (tertiary/aromatic N) is 1. The molecule has 0 radical (unpaired) electrons. The summed E-state index contributed by atoms with van der Waals surface area (Å²) in [5, 5.41) is 8.97. The molecule has 0 aliphatic carbocycles. The molecule has 4 heteroatoms. The van der Waals surface area contributed by atoms with E-state index < -0.39 is 0 Å². The first kappa shape index (κ1) is 15.4. The molecule has 0 spiro atoms. The van der Waals surface area contributed by atoms with Crippen molar-refractivity contribution in [2.75, 3.05) is 7.11 Å². The zero-order valence-electron chi connectivity index (χ0n) is 12.2. The van der Waals surface area contributed by atoms with E-state index in [1.54, 1.807) is 24.9 Å². The molecule has 0 fully saturated rings. The molecule has 0 bridgehead atoms. The Labute approximate surface area is 129 Å². The first-order valence-corrected chi connectivity index (χ1v) is 7.68.